The number of benzene rings is 1. The van der Waals surface area contributed by atoms with E-state index in [4.69, 9.17) is 14.5 Å². The molecule has 2 unspecified atom stereocenters. The molecule has 0 bridgehead atoms. The Morgan fingerprint density at radius 2 is 2.23 bits per heavy atom. The quantitative estimate of drug-likeness (QED) is 0.447. The van der Waals surface area contributed by atoms with Gasteiger partial charge in [-0.25, -0.2) is 14.2 Å². The van der Waals surface area contributed by atoms with Gasteiger partial charge in [0.25, 0.3) is 0 Å². The number of rotatable bonds is 7. The second kappa shape index (κ2) is 10.5. The Morgan fingerprint density at radius 1 is 1.43 bits per heavy atom. The number of aliphatic hydroxyl groups is 1. The fourth-order valence-electron chi connectivity index (χ4n) is 4.05. The van der Waals surface area contributed by atoms with Crippen LogP contribution in [0.1, 0.15) is 38.2 Å². The molecule has 0 saturated carbocycles. The average Bonchev–Trinajstić information content (AvgIpc) is 3.33. The Bertz CT molecular complexity index is 1130. The lowest BCUT2D eigenvalue weighted by atomic mass is 9.94. The highest BCUT2D eigenvalue weighted by molar-refractivity contribution is 9.10. The van der Waals surface area contributed by atoms with Gasteiger partial charge >= 0.3 is 5.97 Å². The highest BCUT2D eigenvalue weighted by Crippen LogP contribution is 2.36. The third-order valence-electron chi connectivity index (χ3n) is 5.84. The van der Waals surface area contributed by atoms with Crippen LogP contribution in [0.4, 0.5) is 4.39 Å². The number of amidine groups is 1. The van der Waals surface area contributed by atoms with Crippen LogP contribution in [0.3, 0.4) is 0 Å². The van der Waals surface area contributed by atoms with E-state index in [1.165, 1.54) is 18.5 Å². The first kappa shape index (κ1) is 25.4. The predicted molar refractivity (Wildman–Crippen MR) is 129 cm³/mol. The molecule has 2 aliphatic rings. The molecule has 3 heterocycles. The molecule has 3 N–H and O–H groups in total. The van der Waals surface area contributed by atoms with Gasteiger partial charge in [0.15, 0.2) is 11.7 Å². The van der Waals surface area contributed by atoms with E-state index in [0.29, 0.717) is 59.2 Å². The summed E-state index contributed by atoms with van der Waals surface area (Å²) >= 11 is 3.42. The summed E-state index contributed by atoms with van der Waals surface area (Å²) in [7, 11) is 0. The minimum atomic E-state index is -1.02. The standard InChI is InChI=1S/C23H28BrFN6O4/c1-4-34-22(32)18-16(10-31-7-8-35-17(11-31)23(2,3)33)28-21(20-26-12-27-30-20)29-19(18)14-6-5-13(25)9-15(14)24/h5-6,9,12,17,19,33H,4,7-8,10-11H2,1-3H3,(H,28,29)(H,26,27,30). The minimum Gasteiger partial charge on any atom is -0.463 e. The van der Waals surface area contributed by atoms with Crippen LogP contribution in [0, 0.1) is 5.82 Å². The molecule has 1 aromatic heterocycles. The Hall–Kier alpha value is -2.67. The van der Waals surface area contributed by atoms with Crippen LogP contribution in [0.2, 0.25) is 0 Å². The summed E-state index contributed by atoms with van der Waals surface area (Å²) in [6.07, 6.45) is 0.971. The lowest BCUT2D eigenvalue weighted by molar-refractivity contribution is -0.139. The molecule has 1 fully saturated rings. The molecule has 10 nitrogen and oxygen atoms in total. The first-order valence-electron chi connectivity index (χ1n) is 11.3. The maximum absolute atomic E-state index is 13.9. The van der Waals surface area contributed by atoms with Crippen molar-refractivity contribution in [3.05, 3.63) is 57.5 Å². The summed E-state index contributed by atoms with van der Waals surface area (Å²) in [6.45, 7) is 7.18. The van der Waals surface area contributed by atoms with E-state index in [1.807, 2.05) is 0 Å². The van der Waals surface area contributed by atoms with Crippen LogP contribution in [-0.4, -0.2) is 81.5 Å². The van der Waals surface area contributed by atoms with Crippen LogP contribution in [0.15, 0.2) is 45.3 Å². The van der Waals surface area contributed by atoms with Gasteiger partial charge in [-0.2, -0.15) is 5.10 Å². The molecule has 2 aromatic rings. The van der Waals surface area contributed by atoms with E-state index in [9.17, 15) is 14.3 Å². The fourth-order valence-corrected chi connectivity index (χ4v) is 4.62. The number of esters is 1. The van der Waals surface area contributed by atoms with Crippen molar-refractivity contribution in [1.29, 1.82) is 0 Å². The van der Waals surface area contributed by atoms with Crippen LogP contribution in [0.25, 0.3) is 0 Å². The molecular weight excluding hydrogens is 523 g/mol. The molecule has 1 aromatic carbocycles. The number of hydrogen-bond acceptors (Lipinski definition) is 9. The zero-order chi connectivity index (χ0) is 25.2. The van der Waals surface area contributed by atoms with Crippen molar-refractivity contribution in [3.8, 4) is 0 Å². The molecule has 12 heteroatoms. The Balaban J connectivity index is 1.78. The number of carbonyl (C=O) groups is 1. The molecule has 35 heavy (non-hydrogen) atoms. The third-order valence-corrected chi connectivity index (χ3v) is 6.52. The van der Waals surface area contributed by atoms with E-state index in [2.05, 4.69) is 41.3 Å². The number of morpholine rings is 1. The van der Waals surface area contributed by atoms with Crippen molar-refractivity contribution in [3.63, 3.8) is 0 Å². The van der Waals surface area contributed by atoms with Gasteiger partial charge in [0.1, 0.15) is 18.2 Å². The number of nitrogens with zero attached hydrogens (tertiary/aromatic N) is 4. The largest absolute Gasteiger partial charge is 0.463 e. The SMILES string of the molecule is CCOC(=O)C1=C(CN2CCOC(C(C)(C)O)C2)NC(c2ncn[nH]2)=NC1c1ccc(F)cc1Br. The van der Waals surface area contributed by atoms with Gasteiger partial charge in [-0.3, -0.25) is 15.0 Å². The molecule has 1 saturated heterocycles. The summed E-state index contributed by atoms with van der Waals surface area (Å²) in [5.74, 6) is -0.158. The summed E-state index contributed by atoms with van der Waals surface area (Å²) in [5, 5.41) is 20.4. The van der Waals surface area contributed by atoms with Crippen molar-refractivity contribution in [1.82, 2.24) is 25.4 Å². The van der Waals surface area contributed by atoms with Crippen LogP contribution in [-0.2, 0) is 14.3 Å². The second-order valence-corrected chi connectivity index (χ2v) is 9.72. The monoisotopic (exact) mass is 550 g/mol. The first-order valence-corrected chi connectivity index (χ1v) is 12.1. The van der Waals surface area contributed by atoms with Crippen molar-refractivity contribution < 1.29 is 23.8 Å². The molecule has 2 atom stereocenters. The number of hydrogen-bond donors (Lipinski definition) is 3. The molecule has 4 rings (SSSR count). The molecular formula is C23H28BrFN6O4. The molecule has 0 spiro atoms. The molecule has 0 radical (unpaired) electrons. The van der Waals surface area contributed by atoms with Crippen molar-refractivity contribution in [2.75, 3.05) is 32.8 Å². The topological polar surface area (TPSA) is 125 Å². The summed E-state index contributed by atoms with van der Waals surface area (Å²) in [5.41, 5.74) is 0.461. The first-order chi connectivity index (χ1) is 16.7. The highest BCUT2D eigenvalue weighted by atomic mass is 79.9. The van der Waals surface area contributed by atoms with Crippen molar-refractivity contribution >= 4 is 27.7 Å². The van der Waals surface area contributed by atoms with Gasteiger partial charge in [-0.15, -0.1) is 0 Å². The number of nitrogens with one attached hydrogen (secondary N) is 2. The third kappa shape index (κ3) is 5.77. The number of halogens is 2. The van der Waals surface area contributed by atoms with Gasteiger partial charge in [0.05, 0.1) is 30.5 Å². The lowest BCUT2D eigenvalue weighted by Gasteiger charge is -2.39. The highest BCUT2D eigenvalue weighted by Gasteiger charge is 2.37. The summed E-state index contributed by atoms with van der Waals surface area (Å²) < 4.78 is 25.5. The maximum Gasteiger partial charge on any atom is 0.338 e. The minimum absolute atomic E-state index is 0.184. The number of aromatic amines is 1. The van der Waals surface area contributed by atoms with E-state index >= 15 is 0 Å². The van der Waals surface area contributed by atoms with Gasteiger partial charge < -0.3 is 19.9 Å². The smallest absolute Gasteiger partial charge is 0.338 e. The lowest BCUT2D eigenvalue weighted by Crippen LogP contribution is -2.53. The van der Waals surface area contributed by atoms with E-state index in [-0.39, 0.29) is 6.61 Å². The van der Waals surface area contributed by atoms with E-state index < -0.39 is 29.5 Å². The van der Waals surface area contributed by atoms with E-state index in [0.717, 1.165) is 0 Å². The molecule has 0 amide bonds. The van der Waals surface area contributed by atoms with Gasteiger partial charge in [0.2, 0.25) is 0 Å². The van der Waals surface area contributed by atoms with Crippen LogP contribution >= 0.6 is 15.9 Å². The zero-order valence-electron chi connectivity index (χ0n) is 19.7. The number of H-pyrrole nitrogens is 1. The Morgan fingerprint density at radius 3 is 2.89 bits per heavy atom. The molecule has 188 valence electrons. The second-order valence-electron chi connectivity index (χ2n) is 8.87. The number of aromatic nitrogens is 3. The van der Waals surface area contributed by atoms with Crippen LogP contribution < -0.4 is 5.32 Å². The Labute approximate surface area is 210 Å². The molecule has 2 aliphatic heterocycles. The number of ether oxygens (including phenoxy) is 2. The normalized spacial score (nSPS) is 21.5. The molecule has 0 aliphatic carbocycles. The zero-order valence-corrected chi connectivity index (χ0v) is 21.3. The maximum atomic E-state index is 13.9. The van der Waals surface area contributed by atoms with Crippen molar-refractivity contribution in [2.45, 2.75) is 38.5 Å². The van der Waals surface area contributed by atoms with Crippen LogP contribution in [0.5, 0.6) is 0 Å². The summed E-state index contributed by atoms with van der Waals surface area (Å²) in [6, 6.07) is 3.46. The predicted octanol–water partition coefficient (Wildman–Crippen LogP) is 2.09. The van der Waals surface area contributed by atoms with Gasteiger partial charge in [0, 0.05) is 29.8 Å². The summed E-state index contributed by atoms with van der Waals surface area (Å²) in [4.78, 5) is 24.3. The van der Waals surface area contributed by atoms with Gasteiger partial charge in [-0.1, -0.05) is 22.0 Å². The van der Waals surface area contributed by atoms with E-state index in [1.54, 1.807) is 26.8 Å². The fraction of sp³-hybridized carbons (Fsp3) is 0.478. The number of carbonyl (C=O) groups excluding carboxylic acids is 1. The van der Waals surface area contributed by atoms with Crippen molar-refractivity contribution in [2.24, 2.45) is 4.99 Å². The van der Waals surface area contributed by atoms with Gasteiger partial charge in [-0.05, 0) is 38.5 Å². The Kier molecular flexibility index (Phi) is 7.64. The number of aliphatic imine (C=N–C) groups is 1. The average molecular weight is 551 g/mol.